The van der Waals surface area contributed by atoms with E-state index in [1.165, 1.54) is 4.68 Å². The molecule has 1 saturated carbocycles. The maximum Gasteiger partial charge on any atom is 0.266 e. The fourth-order valence-electron chi connectivity index (χ4n) is 1.76. The van der Waals surface area contributed by atoms with E-state index in [1.807, 2.05) is 13.8 Å². The smallest absolute Gasteiger partial charge is 0.252 e. The predicted octanol–water partition coefficient (Wildman–Crippen LogP) is 3.00. The molecule has 4 nitrogen and oxygen atoms in total. The maximum atomic E-state index is 11.5. The Bertz CT molecular complexity index is 533. The van der Waals surface area contributed by atoms with Gasteiger partial charge in [0.25, 0.3) is 9.05 Å². The van der Waals surface area contributed by atoms with Crippen LogP contribution < -0.4 is 0 Å². The van der Waals surface area contributed by atoms with Gasteiger partial charge in [0.15, 0.2) is 0 Å². The van der Waals surface area contributed by atoms with Crippen molar-refractivity contribution in [1.82, 2.24) is 9.78 Å². The molecule has 7 heteroatoms. The van der Waals surface area contributed by atoms with Gasteiger partial charge >= 0.3 is 0 Å². The molecule has 1 aliphatic carbocycles. The second-order valence-electron chi connectivity index (χ2n) is 4.79. The van der Waals surface area contributed by atoms with E-state index in [4.69, 9.17) is 22.3 Å². The highest BCUT2D eigenvalue weighted by Crippen LogP contribution is 2.44. The summed E-state index contributed by atoms with van der Waals surface area (Å²) >= 11 is 6.07. The summed E-state index contributed by atoms with van der Waals surface area (Å²) in [5.41, 5.74) is 0.533. The molecule has 0 atom stereocenters. The van der Waals surface area contributed by atoms with Crippen LogP contribution in [0.5, 0.6) is 0 Å². The molecule has 0 aromatic carbocycles. The van der Waals surface area contributed by atoms with Gasteiger partial charge in [-0.1, -0.05) is 25.4 Å². The van der Waals surface area contributed by atoms with Crippen LogP contribution in [0.3, 0.4) is 0 Å². The van der Waals surface area contributed by atoms with E-state index in [0.29, 0.717) is 18.2 Å². The van der Waals surface area contributed by atoms with E-state index in [-0.39, 0.29) is 16.0 Å². The van der Waals surface area contributed by atoms with Gasteiger partial charge in [-0.25, -0.2) is 8.42 Å². The highest BCUT2D eigenvalue weighted by Gasteiger charge is 2.36. The maximum absolute atomic E-state index is 11.5. The van der Waals surface area contributed by atoms with Gasteiger partial charge in [0, 0.05) is 23.1 Å². The fourth-order valence-corrected chi connectivity index (χ4v) is 3.61. The monoisotopic (exact) mass is 296 g/mol. The van der Waals surface area contributed by atoms with Gasteiger partial charge in [-0.2, -0.15) is 5.10 Å². The fraction of sp³-hybridized carbons (Fsp3) is 0.700. The second-order valence-corrected chi connectivity index (χ2v) is 7.65. The third-order valence-corrected chi connectivity index (χ3v) is 4.47. The molecule has 0 N–H and O–H groups in total. The normalized spacial score (nSPS) is 16.8. The van der Waals surface area contributed by atoms with Gasteiger partial charge in [-0.3, -0.25) is 4.68 Å². The van der Waals surface area contributed by atoms with Crippen LogP contribution in [0.2, 0.25) is 5.15 Å². The van der Waals surface area contributed by atoms with Gasteiger partial charge in [-0.15, -0.1) is 0 Å². The molecule has 96 valence electrons. The van der Waals surface area contributed by atoms with Gasteiger partial charge in [-0.05, 0) is 18.8 Å². The van der Waals surface area contributed by atoms with E-state index in [0.717, 1.165) is 12.8 Å². The first kappa shape index (κ1) is 13.2. The molecule has 1 heterocycles. The Hall–Kier alpha value is -0.260. The van der Waals surface area contributed by atoms with Crippen LogP contribution in [0.1, 0.15) is 38.3 Å². The van der Waals surface area contributed by atoms with E-state index in [2.05, 4.69) is 5.10 Å². The lowest BCUT2D eigenvalue weighted by Gasteiger charge is -2.05. The number of hydrogen-bond acceptors (Lipinski definition) is 3. The number of rotatable bonds is 4. The summed E-state index contributed by atoms with van der Waals surface area (Å²) < 4.78 is 24.6. The Morgan fingerprint density at radius 1 is 1.47 bits per heavy atom. The number of aromatic nitrogens is 2. The van der Waals surface area contributed by atoms with Crippen molar-refractivity contribution in [1.29, 1.82) is 0 Å². The van der Waals surface area contributed by atoms with Crippen LogP contribution in [0.4, 0.5) is 0 Å². The highest BCUT2D eigenvalue weighted by atomic mass is 35.7. The Morgan fingerprint density at radius 2 is 2.06 bits per heavy atom. The molecule has 1 aliphatic rings. The van der Waals surface area contributed by atoms with Crippen molar-refractivity contribution in [2.75, 3.05) is 0 Å². The van der Waals surface area contributed by atoms with Gasteiger partial charge in [0.2, 0.25) is 0 Å². The molecule has 0 aliphatic heterocycles. The quantitative estimate of drug-likeness (QED) is 0.803. The molecule has 1 fully saturated rings. The van der Waals surface area contributed by atoms with Crippen LogP contribution >= 0.6 is 22.3 Å². The van der Waals surface area contributed by atoms with Gasteiger partial charge in [0.05, 0.1) is 5.69 Å². The standard InChI is InChI=1S/C10H14Cl2N2O2S/c1-6(2)5-14-10(11)9(17(12,15)16)8(13-14)7-3-4-7/h6-7H,3-5H2,1-2H3. The first-order valence-corrected chi connectivity index (χ1v) is 8.20. The summed E-state index contributed by atoms with van der Waals surface area (Å²) in [6.45, 7) is 4.62. The van der Waals surface area contributed by atoms with Gasteiger partial charge < -0.3 is 0 Å². The molecular weight excluding hydrogens is 283 g/mol. The van der Waals surface area contributed by atoms with Gasteiger partial charge in [0.1, 0.15) is 10.0 Å². The summed E-state index contributed by atoms with van der Waals surface area (Å²) in [5.74, 6) is 0.537. The average Bonchev–Trinajstić information content (AvgIpc) is 2.91. The van der Waals surface area contributed by atoms with E-state index in [9.17, 15) is 8.42 Å². The van der Waals surface area contributed by atoms with Crippen molar-refractivity contribution in [3.8, 4) is 0 Å². The van der Waals surface area contributed by atoms with Crippen molar-refractivity contribution >= 4 is 31.3 Å². The Morgan fingerprint density at radius 3 is 2.47 bits per heavy atom. The molecule has 0 spiro atoms. The molecule has 1 aromatic rings. The van der Waals surface area contributed by atoms with E-state index >= 15 is 0 Å². The molecule has 0 bridgehead atoms. The minimum Gasteiger partial charge on any atom is -0.252 e. The van der Waals surface area contributed by atoms with Crippen molar-refractivity contribution in [2.45, 2.75) is 44.0 Å². The lowest BCUT2D eigenvalue weighted by molar-refractivity contribution is 0.480. The second kappa shape index (κ2) is 4.44. The molecule has 17 heavy (non-hydrogen) atoms. The lowest BCUT2D eigenvalue weighted by atomic mass is 10.2. The molecule has 0 amide bonds. The molecule has 0 radical (unpaired) electrons. The van der Waals surface area contributed by atoms with E-state index in [1.54, 1.807) is 0 Å². The van der Waals surface area contributed by atoms with Crippen molar-refractivity contribution in [2.24, 2.45) is 5.92 Å². The third-order valence-electron chi connectivity index (χ3n) is 2.62. The zero-order valence-electron chi connectivity index (χ0n) is 9.65. The number of hydrogen-bond donors (Lipinski definition) is 0. The third kappa shape index (κ3) is 2.77. The summed E-state index contributed by atoms with van der Waals surface area (Å²) in [6.07, 6.45) is 1.91. The highest BCUT2D eigenvalue weighted by molar-refractivity contribution is 8.13. The van der Waals surface area contributed by atoms with Crippen LogP contribution in [0.25, 0.3) is 0 Å². The Labute approximate surface area is 110 Å². The topological polar surface area (TPSA) is 52.0 Å². The van der Waals surface area contributed by atoms with Crippen LogP contribution in [0, 0.1) is 5.92 Å². The Kier molecular flexibility index (Phi) is 3.45. The number of halogens is 2. The SMILES string of the molecule is CC(C)Cn1nc(C2CC2)c(S(=O)(=O)Cl)c1Cl. The van der Waals surface area contributed by atoms with Crippen molar-refractivity contribution < 1.29 is 8.42 Å². The van der Waals surface area contributed by atoms with Crippen molar-refractivity contribution in [3.05, 3.63) is 10.8 Å². The first-order chi connectivity index (χ1) is 7.80. The molecule has 1 aromatic heterocycles. The zero-order valence-corrected chi connectivity index (χ0v) is 12.0. The minimum absolute atomic E-state index is 0.00369. The molecule has 0 unspecified atom stereocenters. The molecule has 2 rings (SSSR count). The molecular formula is C10H14Cl2N2O2S. The largest absolute Gasteiger partial charge is 0.266 e. The summed E-state index contributed by atoms with van der Waals surface area (Å²) in [6, 6.07) is 0. The van der Waals surface area contributed by atoms with Crippen LogP contribution in [-0.4, -0.2) is 18.2 Å². The Balaban J connectivity index is 2.51. The summed E-state index contributed by atoms with van der Waals surface area (Å²) in [4.78, 5) is 0.00369. The summed E-state index contributed by atoms with van der Waals surface area (Å²) in [7, 11) is 1.60. The van der Waals surface area contributed by atoms with Crippen molar-refractivity contribution in [3.63, 3.8) is 0 Å². The van der Waals surface area contributed by atoms with Crippen LogP contribution in [0.15, 0.2) is 4.90 Å². The minimum atomic E-state index is -3.83. The zero-order chi connectivity index (χ0) is 12.8. The average molecular weight is 297 g/mol. The number of nitrogens with zero attached hydrogens (tertiary/aromatic N) is 2. The van der Waals surface area contributed by atoms with Crippen LogP contribution in [-0.2, 0) is 15.6 Å². The van der Waals surface area contributed by atoms with E-state index < -0.39 is 9.05 Å². The lowest BCUT2D eigenvalue weighted by Crippen LogP contribution is -2.06. The first-order valence-electron chi connectivity index (χ1n) is 5.51. The predicted molar refractivity (Wildman–Crippen MR) is 67.1 cm³/mol. The molecule has 0 saturated heterocycles. The summed E-state index contributed by atoms with van der Waals surface area (Å²) in [5, 5.41) is 4.43.